The van der Waals surface area contributed by atoms with Gasteiger partial charge in [0.15, 0.2) is 0 Å². The summed E-state index contributed by atoms with van der Waals surface area (Å²) in [5.74, 6) is -1.37. The molecule has 0 heterocycles. The highest BCUT2D eigenvalue weighted by atomic mass is 32.2. The van der Waals surface area contributed by atoms with Crippen LogP contribution in [0.4, 0.5) is 20.2 Å². The number of aryl methyl sites for hydroxylation is 2. The second-order valence-electron chi connectivity index (χ2n) is 4.73. The number of halogens is 2. The van der Waals surface area contributed by atoms with Gasteiger partial charge >= 0.3 is 0 Å². The van der Waals surface area contributed by atoms with E-state index in [0.717, 1.165) is 18.2 Å². The van der Waals surface area contributed by atoms with Crippen molar-refractivity contribution < 1.29 is 17.2 Å². The number of nitrogens with one attached hydrogen (secondary N) is 1. The summed E-state index contributed by atoms with van der Waals surface area (Å²) in [5, 5.41) is 0. The molecule has 0 unspecified atom stereocenters. The van der Waals surface area contributed by atoms with Crippen LogP contribution in [0.2, 0.25) is 0 Å². The van der Waals surface area contributed by atoms with E-state index < -0.39 is 21.7 Å². The van der Waals surface area contributed by atoms with E-state index in [1.165, 1.54) is 19.1 Å². The lowest BCUT2D eigenvalue weighted by molar-refractivity contribution is 0.596. The summed E-state index contributed by atoms with van der Waals surface area (Å²) in [6, 6.07) is 6.19. The number of hydrogen-bond acceptors (Lipinski definition) is 3. The first kappa shape index (κ1) is 15.2. The quantitative estimate of drug-likeness (QED) is 0.856. The predicted molar refractivity (Wildman–Crippen MR) is 77.5 cm³/mol. The Balaban J connectivity index is 2.46. The number of nitrogens with two attached hydrogens (primary N) is 1. The molecule has 0 aromatic heterocycles. The molecule has 0 spiro atoms. The highest BCUT2D eigenvalue weighted by molar-refractivity contribution is 7.92. The van der Waals surface area contributed by atoms with E-state index in [1.807, 2.05) is 0 Å². The Kier molecular flexibility index (Phi) is 3.87. The first-order chi connectivity index (χ1) is 9.70. The molecule has 0 fully saturated rings. The molecule has 0 amide bonds. The molecular formula is C14H14F2N2O2S. The van der Waals surface area contributed by atoms with Crippen LogP contribution in [0.25, 0.3) is 0 Å². The van der Waals surface area contributed by atoms with Crippen molar-refractivity contribution in [2.24, 2.45) is 0 Å². The SMILES string of the molecule is Cc1ccc(F)c(NS(=O)(=O)c2cc(C)c(F)c(N)c2)c1. The maximum Gasteiger partial charge on any atom is 0.262 e. The van der Waals surface area contributed by atoms with Crippen molar-refractivity contribution in [1.29, 1.82) is 0 Å². The zero-order valence-electron chi connectivity index (χ0n) is 11.4. The first-order valence-electron chi connectivity index (χ1n) is 6.05. The normalized spacial score (nSPS) is 11.4. The molecular weight excluding hydrogens is 298 g/mol. The third-order valence-electron chi connectivity index (χ3n) is 2.93. The minimum absolute atomic E-state index is 0.0973. The van der Waals surface area contributed by atoms with Crippen LogP contribution in [0.3, 0.4) is 0 Å². The Hall–Kier alpha value is -2.15. The van der Waals surface area contributed by atoms with Crippen LogP contribution in [0.15, 0.2) is 35.2 Å². The van der Waals surface area contributed by atoms with Gasteiger partial charge in [0, 0.05) is 0 Å². The van der Waals surface area contributed by atoms with E-state index in [1.54, 1.807) is 6.92 Å². The number of nitrogen functional groups attached to an aromatic ring is 1. The predicted octanol–water partition coefficient (Wildman–Crippen LogP) is 2.96. The third-order valence-corrected chi connectivity index (χ3v) is 4.28. The minimum atomic E-state index is -4.05. The van der Waals surface area contributed by atoms with Gasteiger partial charge in [0.2, 0.25) is 0 Å². The van der Waals surface area contributed by atoms with Crippen LogP contribution in [0.1, 0.15) is 11.1 Å². The Morgan fingerprint density at radius 3 is 2.38 bits per heavy atom. The second-order valence-corrected chi connectivity index (χ2v) is 6.41. The summed E-state index contributed by atoms with van der Waals surface area (Å²) >= 11 is 0. The van der Waals surface area contributed by atoms with Crippen molar-refractivity contribution in [3.63, 3.8) is 0 Å². The molecule has 0 atom stereocenters. The topological polar surface area (TPSA) is 72.2 Å². The van der Waals surface area contributed by atoms with Crippen LogP contribution in [0.5, 0.6) is 0 Å². The standard InChI is InChI=1S/C14H14F2N2O2S/c1-8-3-4-11(15)13(5-8)18-21(19,20)10-6-9(2)14(16)12(17)7-10/h3-7,18H,17H2,1-2H3. The van der Waals surface area contributed by atoms with E-state index in [0.29, 0.717) is 5.56 Å². The summed E-state index contributed by atoms with van der Waals surface area (Å²) in [7, 11) is -4.05. The fraction of sp³-hybridized carbons (Fsp3) is 0.143. The molecule has 0 aliphatic rings. The highest BCUT2D eigenvalue weighted by Gasteiger charge is 2.19. The Morgan fingerprint density at radius 1 is 1.10 bits per heavy atom. The average Bonchev–Trinajstić information content (AvgIpc) is 2.39. The van der Waals surface area contributed by atoms with Gasteiger partial charge in [0.1, 0.15) is 11.6 Å². The lowest BCUT2D eigenvalue weighted by Gasteiger charge is -2.11. The van der Waals surface area contributed by atoms with Gasteiger partial charge < -0.3 is 5.73 Å². The largest absolute Gasteiger partial charge is 0.396 e. The molecule has 2 aromatic rings. The Labute approximate surface area is 121 Å². The number of anilines is 2. The molecule has 0 saturated heterocycles. The minimum Gasteiger partial charge on any atom is -0.396 e. The summed E-state index contributed by atoms with van der Waals surface area (Å²) in [6.07, 6.45) is 0. The maximum absolute atomic E-state index is 13.6. The molecule has 0 radical (unpaired) electrons. The van der Waals surface area contributed by atoms with Crippen LogP contribution in [-0.4, -0.2) is 8.42 Å². The Bertz CT molecular complexity index is 782. The van der Waals surface area contributed by atoms with Crippen molar-refractivity contribution in [2.45, 2.75) is 18.7 Å². The van der Waals surface area contributed by atoms with Gasteiger partial charge in [0.05, 0.1) is 16.3 Å². The van der Waals surface area contributed by atoms with Crippen LogP contribution >= 0.6 is 0 Å². The summed E-state index contributed by atoms with van der Waals surface area (Å²) in [5.41, 5.74) is 5.77. The zero-order chi connectivity index (χ0) is 15.8. The molecule has 0 aliphatic carbocycles. The number of rotatable bonds is 3. The van der Waals surface area contributed by atoms with Crippen molar-refractivity contribution >= 4 is 21.4 Å². The third kappa shape index (κ3) is 3.13. The van der Waals surface area contributed by atoms with Crippen LogP contribution in [-0.2, 0) is 10.0 Å². The molecule has 0 saturated carbocycles. The highest BCUT2D eigenvalue weighted by Crippen LogP contribution is 2.24. The molecule has 112 valence electrons. The van der Waals surface area contributed by atoms with Gasteiger partial charge in [-0.25, -0.2) is 17.2 Å². The van der Waals surface area contributed by atoms with Crippen LogP contribution in [0, 0.1) is 25.5 Å². The van der Waals surface area contributed by atoms with Gasteiger partial charge in [-0.3, -0.25) is 4.72 Å². The average molecular weight is 312 g/mol. The summed E-state index contributed by atoms with van der Waals surface area (Å²) < 4.78 is 53.7. The van der Waals surface area contributed by atoms with E-state index in [9.17, 15) is 17.2 Å². The molecule has 0 bridgehead atoms. The van der Waals surface area contributed by atoms with Crippen LogP contribution < -0.4 is 10.5 Å². The van der Waals surface area contributed by atoms with E-state index >= 15 is 0 Å². The van der Waals surface area contributed by atoms with Gasteiger partial charge in [-0.1, -0.05) is 6.07 Å². The fourth-order valence-corrected chi connectivity index (χ4v) is 3.02. The first-order valence-corrected chi connectivity index (χ1v) is 7.53. The van der Waals surface area contributed by atoms with Gasteiger partial charge in [-0.2, -0.15) is 0 Å². The van der Waals surface area contributed by atoms with Crippen molar-refractivity contribution in [3.8, 4) is 0 Å². The molecule has 2 rings (SSSR count). The molecule has 7 heteroatoms. The van der Waals surface area contributed by atoms with Gasteiger partial charge in [0.25, 0.3) is 10.0 Å². The van der Waals surface area contributed by atoms with Gasteiger partial charge in [-0.05, 0) is 49.2 Å². The number of hydrogen-bond donors (Lipinski definition) is 2. The van der Waals surface area contributed by atoms with E-state index in [4.69, 9.17) is 5.73 Å². The molecule has 21 heavy (non-hydrogen) atoms. The molecule has 2 aromatic carbocycles. The number of sulfonamides is 1. The monoisotopic (exact) mass is 312 g/mol. The molecule has 0 aliphatic heterocycles. The second kappa shape index (κ2) is 5.33. The number of benzene rings is 2. The van der Waals surface area contributed by atoms with Crippen molar-refractivity contribution in [2.75, 3.05) is 10.5 Å². The fourth-order valence-electron chi connectivity index (χ4n) is 1.84. The molecule has 3 N–H and O–H groups in total. The zero-order valence-corrected chi connectivity index (χ0v) is 12.3. The molecule has 4 nitrogen and oxygen atoms in total. The summed E-state index contributed by atoms with van der Waals surface area (Å²) in [4.78, 5) is -0.222. The van der Waals surface area contributed by atoms with E-state index in [2.05, 4.69) is 4.72 Å². The smallest absolute Gasteiger partial charge is 0.262 e. The van der Waals surface area contributed by atoms with Crippen molar-refractivity contribution in [1.82, 2.24) is 0 Å². The Morgan fingerprint density at radius 2 is 1.76 bits per heavy atom. The lowest BCUT2D eigenvalue weighted by Crippen LogP contribution is -2.15. The van der Waals surface area contributed by atoms with Gasteiger partial charge in [-0.15, -0.1) is 0 Å². The van der Waals surface area contributed by atoms with E-state index in [-0.39, 0.29) is 21.8 Å². The maximum atomic E-state index is 13.6. The lowest BCUT2D eigenvalue weighted by atomic mass is 10.2. The van der Waals surface area contributed by atoms with Crippen molar-refractivity contribution in [3.05, 3.63) is 53.1 Å². The summed E-state index contributed by atoms with van der Waals surface area (Å²) in [6.45, 7) is 3.11.